The van der Waals surface area contributed by atoms with Crippen LogP contribution < -0.4 is 10.6 Å². The van der Waals surface area contributed by atoms with Crippen molar-refractivity contribution in [2.24, 2.45) is 0 Å². The van der Waals surface area contributed by atoms with Crippen LogP contribution >= 0.6 is 0 Å². The van der Waals surface area contributed by atoms with Crippen molar-refractivity contribution in [3.8, 4) is 5.69 Å². The quantitative estimate of drug-likeness (QED) is 0.879. The van der Waals surface area contributed by atoms with E-state index in [1.54, 1.807) is 10.9 Å². The minimum atomic E-state index is -0.255. The highest BCUT2D eigenvalue weighted by molar-refractivity contribution is 5.94. The highest BCUT2D eigenvalue weighted by atomic mass is 16.2. The Kier molecular flexibility index (Phi) is 4.14. The summed E-state index contributed by atoms with van der Waals surface area (Å²) in [6.45, 7) is 3.24. The first-order valence-electron chi connectivity index (χ1n) is 6.21. The Morgan fingerprint density at radius 3 is 2.75 bits per heavy atom. The molecule has 20 heavy (non-hydrogen) atoms. The Labute approximate surface area is 116 Å². The number of nitrogens with one attached hydrogen (secondary N) is 2. The van der Waals surface area contributed by atoms with E-state index in [1.165, 1.54) is 6.92 Å². The number of nitrogens with zero attached hydrogens (tertiary/aromatic N) is 2. The predicted molar refractivity (Wildman–Crippen MR) is 75.6 cm³/mol. The van der Waals surface area contributed by atoms with Gasteiger partial charge in [-0.05, 0) is 36.8 Å². The van der Waals surface area contributed by atoms with E-state index < -0.39 is 0 Å². The molecule has 0 radical (unpaired) electrons. The number of anilines is 1. The Morgan fingerprint density at radius 1 is 1.35 bits per heavy atom. The highest BCUT2D eigenvalue weighted by Crippen LogP contribution is 2.18. The molecule has 1 aromatic heterocycles. The Bertz CT molecular complexity index is 620. The highest BCUT2D eigenvalue weighted by Gasteiger charge is 2.06. The van der Waals surface area contributed by atoms with Crippen molar-refractivity contribution in [3.05, 3.63) is 42.2 Å². The van der Waals surface area contributed by atoms with Crippen LogP contribution in [0.15, 0.2) is 36.7 Å². The van der Waals surface area contributed by atoms with Gasteiger partial charge in [0.2, 0.25) is 11.8 Å². The molecular weight excluding hydrogens is 256 g/mol. The number of carbonyl (C=O) groups excluding carboxylic acids is 2. The van der Waals surface area contributed by atoms with E-state index >= 15 is 0 Å². The lowest BCUT2D eigenvalue weighted by atomic mass is 10.1. The summed E-state index contributed by atoms with van der Waals surface area (Å²) < 4.78 is 1.75. The smallest absolute Gasteiger partial charge is 0.243 e. The zero-order chi connectivity index (χ0) is 14.5. The fraction of sp³-hybridized carbons (Fsp3) is 0.214. The summed E-state index contributed by atoms with van der Waals surface area (Å²) in [5, 5.41) is 9.36. The third kappa shape index (κ3) is 3.44. The lowest BCUT2D eigenvalue weighted by molar-refractivity contribution is -0.122. The zero-order valence-electron chi connectivity index (χ0n) is 11.4. The number of amides is 2. The molecule has 2 amide bonds. The molecule has 6 heteroatoms. The second-order valence-electron chi connectivity index (χ2n) is 4.41. The molecule has 2 rings (SSSR count). The summed E-state index contributed by atoms with van der Waals surface area (Å²) in [4.78, 5) is 22.4. The van der Waals surface area contributed by atoms with Gasteiger partial charge in [0.1, 0.15) is 0 Å². The third-order valence-corrected chi connectivity index (χ3v) is 2.75. The van der Waals surface area contributed by atoms with E-state index in [9.17, 15) is 9.59 Å². The van der Waals surface area contributed by atoms with Crippen LogP contribution in [0.3, 0.4) is 0 Å². The largest absolute Gasteiger partial charge is 0.347 e. The van der Waals surface area contributed by atoms with Crippen molar-refractivity contribution in [3.63, 3.8) is 0 Å². The van der Waals surface area contributed by atoms with Gasteiger partial charge in [0, 0.05) is 25.0 Å². The normalized spacial score (nSPS) is 10.1. The standard InChI is InChI=1S/C14H16N4O2/c1-10-8-12(18-7-3-6-16-18)4-5-13(10)17-14(20)9-15-11(2)19/h3-8H,9H2,1-2H3,(H,15,19)(H,17,20). The summed E-state index contributed by atoms with van der Waals surface area (Å²) >= 11 is 0. The van der Waals surface area contributed by atoms with Crippen LogP contribution in [-0.2, 0) is 9.59 Å². The molecule has 0 spiro atoms. The van der Waals surface area contributed by atoms with Gasteiger partial charge in [0.25, 0.3) is 0 Å². The average Bonchev–Trinajstić information content (AvgIpc) is 2.92. The lowest BCUT2D eigenvalue weighted by Crippen LogP contribution is -2.31. The number of aromatic nitrogens is 2. The van der Waals surface area contributed by atoms with E-state index in [2.05, 4.69) is 15.7 Å². The van der Waals surface area contributed by atoms with Crippen LogP contribution in [0.4, 0.5) is 5.69 Å². The maximum Gasteiger partial charge on any atom is 0.243 e. The van der Waals surface area contributed by atoms with Gasteiger partial charge in [-0.25, -0.2) is 4.68 Å². The molecule has 0 aliphatic carbocycles. The molecule has 2 N–H and O–H groups in total. The van der Waals surface area contributed by atoms with Crippen LogP contribution in [0.2, 0.25) is 0 Å². The number of carbonyl (C=O) groups is 2. The van der Waals surface area contributed by atoms with Gasteiger partial charge in [0.15, 0.2) is 0 Å². The molecule has 0 bridgehead atoms. The van der Waals surface area contributed by atoms with Crippen molar-refractivity contribution in [2.75, 3.05) is 11.9 Å². The lowest BCUT2D eigenvalue weighted by Gasteiger charge is -2.10. The minimum absolute atomic E-state index is 0.0321. The Hall–Kier alpha value is -2.63. The predicted octanol–water partition coefficient (Wildman–Crippen LogP) is 1.26. The van der Waals surface area contributed by atoms with Crippen LogP contribution in [-0.4, -0.2) is 28.1 Å². The van der Waals surface area contributed by atoms with Crippen molar-refractivity contribution in [2.45, 2.75) is 13.8 Å². The molecule has 1 aromatic carbocycles. The number of benzene rings is 1. The zero-order valence-corrected chi connectivity index (χ0v) is 11.4. The van der Waals surface area contributed by atoms with Crippen LogP contribution in [0.1, 0.15) is 12.5 Å². The molecule has 1 heterocycles. The van der Waals surface area contributed by atoms with Crippen molar-refractivity contribution in [1.82, 2.24) is 15.1 Å². The van der Waals surface area contributed by atoms with Gasteiger partial charge in [-0.3, -0.25) is 9.59 Å². The molecule has 0 aliphatic heterocycles. The molecular formula is C14H16N4O2. The molecule has 0 fully saturated rings. The van der Waals surface area contributed by atoms with Gasteiger partial charge in [-0.15, -0.1) is 0 Å². The topological polar surface area (TPSA) is 76.0 Å². The molecule has 104 valence electrons. The summed E-state index contributed by atoms with van der Waals surface area (Å²) in [7, 11) is 0. The van der Waals surface area contributed by atoms with E-state index in [4.69, 9.17) is 0 Å². The molecule has 0 aliphatic rings. The SMILES string of the molecule is CC(=O)NCC(=O)Nc1ccc(-n2cccn2)cc1C. The van der Waals surface area contributed by atoms with E-state index in [0.717, 1.165) is 16.9 Å². The molecule has 0 unspecified atom stereocenters. The summed E-state index contributed by atoms with van der Waals surface area (Å²) in [6.07, 6.45) is 3.56. The van der Waals surface area contributed by atoms with Crippen LogP contribution in [0.5, 0.6) is 0 Å². The molecule has 6 nitrogen and oxygen atoms in total. The molecule has 0 atom stereocenters. The van der Waals surface area contributed by atoms with Crippen LogP contribution in [0.25, 0.3) is 5.69 Å². The number of hydrogen-bond acceptors (Lipinski definition) is 3. The molecule has 2 aromatic rings. The van der Waals surface area contributed by atoms with Crippen molar-refractivity contribution in [1.29, 1.82) is 0 Å². The number of rotatable bonds is 4. The first-order valence-corrected chi connectivity index (χ1v) is 6.21. The Morgan fingerprint density at radius 2 is 2.15 bits per heavy atom. The average molecular weight is 272 g/mol. The fourth-order valence-corrected chi connectivity index (χ4v) is 1.75. The molecule has 0 saturated heterocycles. The summed E-state index contributed by atoms with van der Waals surface area (Å²) in [5.41, 5.74) is 2.57. The first kappa shape index (κ1) is 13.8. The Balaban J connectivity index is 2.06. The fourth-order valence-electron chi connectivity index (χ4n) is 1.75. The van der Waals surface area contributed by atoms with Gasteiger partial charge in [-0.1, -0.05) is 0 Å². The molecule has 0 saturated carbocycles. The van der Waals surface area contributed by atoms with Gasteiger partial charge < -0.3 is 10.6 Å². The third-order valence-electron chi connectivity index (χ3n) is 2.75. The first-order chi connectivity index (χ1) is 9.56. The van der Waals surface area contributed by atoms with Gasteiger partial charge in [-0.2, -0.15) is 5.10 Å². The van der Waals surface area contributed by atoms with E-state index in [1.807, 2.05) is 37.4 Å². The number of hydrogen-bond donors (Lipinski definition) is 2. The van der Waals surface area contributed by atoms with Crippen molar-refractivity contribution < 1.29 is 9.59 Å². The minimum Gasteiger partial charge on any atom is -0.347 e. The van der Waals surface area contributed by atoms with E-state index in [0.29, 0.717) is 0 Å². The van der Waals surface area contributed by atoms with Crippen molar-refractivity contribution >= 4 is 17.5 Å². The number of aryl methyl sites for hydroxylation is 1. The summed E-state index contributed by atoms with van der Waals surface area (Å²) in [6, 6.07) is 7.46. The monoisotopic (exact) mass is 272 g/mol. The second kappa shape index (κ2) is 6.01. The maximum atomic E-state index is 11.6. The van der Waals surface area contributed by atoms with Crippen LogP contribution in [0, 0.1) is 6.92 Å². The van der Waals surface area contributed by atoms with Gasteiger partial charge >= 0.3 is 0 Å². The second-order valence-corrected chi connectivity index (χ2v) is 4.41. The van der Waals surface area contributed by atoms with E-state index in [-0.39, 0.29) is 18.4 Å². The van der Waals surface area contributed by atoms with Gasteiger partial charge in [0.05, 0.1) is 12.2 Å². The maximum absolute atomic E-state index is 11.6. The summed E-state index contributed by atoms with van der Waals surface area (Å²) in [5.74, 6) is -0.485.